The largest absolute Gasteiger partial charge is 0.350 e. The first-order valence-corrected chi connectivity index (χ1v) is 7.72. The molecule has 1 N–H and O–H groups in total. The number of carbonyl (C=O) groups is 1. The summed E-state index contributed by atoms with van der Waals surface area (Å²) in [5, 5.41) is 10.6. The maximum atomic E-state index is 12.3. The van der Waals surface area contributed by atoms with Gasteiger partial charge >= 0.3 is 0 Å². The Hall–Kier alpha value is -2.30. The van der Waals surface area contributed by atoms with E-state index in [2.05, 4.69) is 55.1 Å². The molecule has 23 heavy (non-hydrogen) atoms. The van der Waals surface area contributed by atoms with E-state index in [1.807, 2.05) is 12.1 Å². The molecular weight excluding hydrogens is 288 g/mol. The highest BCUT2D eigenvalue weighted by molar-refractivity contribution is 5.92. The number of nitrogens with one attached hydrogen (secondary N) is 1. The zero-order valence-electron chi connectivity index (χ0n) is 14.4. The van der Waals surface area contributed by atoms with E-state index in [1.54, 1.807) is 24.7 Å². The normalized spacial score (nSPS) is 12.0. The molecule has 0 aliphatic heterocycles. The summed E-state index contributed by atoms with van der Waals surface area (Å²) < 4.78 is 0. The summed E-state index contributed by atoms with van der Waals surface area (Å²) in [5.74, 6) is -0.166. The fraction of sp³-hybridized carbons (Fsp3) is 0.444. The predicted molar refractivity (Wildman–Crippen MR) is 90.3 cm³/mol. The van der Waals surface area contributed by atoms with Gasteiger partial charge < -0.3 is 5.32 Å². The predicted octanol–water partition coefficient (Wildman–Crippen LogP) is 2.88. The Morgan fingerprint density at radius 2 is 1.74 bits per heavy atom. The first kappa shape index (κ1) is 17.1. The molecule has 2 aromatic heterocycles. The summed E-state index contributed by atoms with van der Waals surface area (Å²) >= 11 is 0. The molecule has 0 aliphatic carbocycles. The van der Waals surface area contributed by atoms with Crippen molar-refractivity contribution in [3.8, 4) is 0 Å². The molecule has 0 radical (unpaired) electrons. The summed E-state index contributed by atoms with van der Waals surface area (Å²) in [6.07, 6.45) is 5.15. The second-order valence-electron chi connectivity index (χ2n) is 7.38. The lowest BCUT2D eigenvalue weighted by Gasteiger charge is -2.25. The average molecular weight is 312 g/mol. The van der Waals surface area contributed by atoms with Gasteiger partial charge in [0.1, 0.15) is 5.69 Å². The topological polar surface area (TPSA) is 67.8 Å². The average Bonchev–Trinajstić information content (AvgIpc) is 2.53. The Morgan fingerprint density at radius 1 is 1.00 bits per heavy atom. The second-order valence-corrected chi connectivity index (χ2v) is 7.38. The monoisotopic (exact) mass is 312 g/mol. The lowest BCUT2D eigenvalue weighted by atomic mass is 9.86. The molecule has 1 amide bonds. The molecule has 5 heteroatoms. The van der Waals surface area contributed by atoms with Crippen LogP contribution in [0.25, 0.3) is 0 Å². The number of hydrogen-bond acceptors (Lipinski definition) is 4. The van der Waals surface area contributed by atoms with Gasteiger partial charge in [-0.1, -0.05) is 40.7 Å². The van der Waals surface area contributed by atoms with Crippen LogP contribution < -0.4 is 5.32 Å². The molecule has 0 bridgehead atoms. The fourth-order valence-electron chi connectivity index (χ4n) is 2.16. The van der Waals surface area contributed by atoms with Gasteiger partial charge in [0.05, 0.1) is 6.20 Å². The van der Waals surface area contributed by atoms with Gasteiger partial charge in [-0.2, -0.15) is 10.2 Å². The number of rotatable bonds is 4. The van der Waals surface area contributed by atoms with Gasteiger partial charge in [-0.25, -0.2) is 0 Å². The van der Waals surface area contributed by atoms with Crippen LogP contribution in [0.15, 0.2) is 36.8 Å². The standard InChI is InChI=1S/C18H24N4O/c1-17(2,3)13-6-7-15(19-10-13)16(23)20-12-18(4,5)14-8-9-21-22-11-14/h6-11H,12H2,1-5H3,(H,20,23). The summed E-state index contributed by atoms with van der Waals surface area (Å²) in [4.78, 5) is 16.6. The Labute approximate surface area is 137 Å². The highest BCUT2D eigenvalue weighted by Gasteiger charge is 2.22. The van der Waals surface area contributed by atoms with Gasteiger partial charge in [0.15, 0.2) is 0 Å². The maximum Gasteiger partial charge on any atom is 0.269 e. The van der Waals surface area contributed by atoms with Crippen LogP contribution in [0, 0.1) is 0 Å². The van der Waals surface area contributed by atoms with Crippen LogP contribution in [0.4, 0.5) is 0 Å². The minimum atomic E-state index is -0.225. The number of nitrogens with zero attached hydrogens (tertiary/aromatic N) is 3. The van der Waals surface area contributed by atoms with Gasteiger partial charge in [-0.15, -0.1) is 0 Å². The summed E-state index contributed by atoms with van der Waals surface area (Å²) in [7, 11) is 0. The van der Waals surface area contributed by atoms with Crippen molar-refractivity contribution in [1.29, 1.82) is 0 Å². The lowest BCUT2D eigenvalue weighted by molar-refractivity contribution is 0.0940. The quantitative estimate of drug-likeness (QED) is 0.942. The van der Waals surface area contributed by atoms with E-state index in [0.29, 0.717) is 12.2 Å². The lowest BCUT2D eigenvalue weighted by Crippen LogP contribution is -2.37. The summed E-state index contributed by atoms with van der Waals surface area (Å²) in [5.41, 5.74) is 2.37. The van der Waals surface area contributed by atoms with Crippen molar-refractivity contribution in [2.24, 2.45) is 0 Å². The van der Waals surface area contributed by atoms with Crippen LogP contribution in [-0.2, 0) is 10.8 Å². The third-order valence-electron chi connectivity index (χ3n) is 3.92. The van der Waals surface area contributed by atoms with Crippen molar-refractivity contribution in [3.05, 3.63) is 53.6 Å². The molecule has 0 spiro atoms. The van der Waals surface area contributed by atoms with Gasteiger partial charge in [0.25, 0.3) is 5.91 Å². The van der Waals surface area contributed by atoms with E-state index in [9.17, 15) is 4.79 Å². The van der Waals surface area contributed by atoms with Crippen molar-refractivity contribution < 1.29 is 4.79 Å². The fourth-order valence-corrected chi connectivity index (χ4v) is 2.16. The number of aromatic nitrogens is 3. The van der Waals surface area contributed by atoms with Crippen molar-refractivity contribution in [2.75, 3.05) is 6.54 Å². The molecule has 0 saturated carbocycles. The molecule has 0 aromatic carbocycles. The van der Waals surface area contributed by atoms with E-state index in [-0.39, 0.29) is 16.7 Å². The number of amides is 1. The molecule has 0 saturated heterocycles. The molecule has 0 aliphatic rings. The van der Waals surface area contributed by atoms with Crippen LogP contribution in [0.5, 0.6) is 0 Å². The van der Waals surface area contributed by atoms with Crippen LogP contribution >= 0.6 is 0 Å². The van der Waals surface area contributed by atoms with Gasteiger partial charge in [0, 0.05) is 24.4 Å². The third-order valence-corrected chi connectivity index (χ3v) is 3.92. The smallest absolute Gasteiger partial charge is 0.269 e. The van der Waals surface area contributed by atoms with Gasteiger partial charge in [-0.05, 0) is 28.7 Å². The van der Waals surface area contributed by atoms with Crippen LogP contribution in [0.2, 0.25) is 0 Å². The minimum Gasteiger partial charge on any atom is -0.350 e. The molecule has 0 fully saturated rings. The maximum absolute atomic E-state index is 12.3. The minimum absolute atomic E-state index is 0.0261. The summed E-state index contributed by atoms with van der Waals surface area (Å²) in [6.45, 7) is 11.0. The molecule has 0 unspecified atom stereocenters. The van der Waals surface area contributed by atoms with E-state index in [4.69, 9.17) is 0 Å². The second kappa shape index (κ2) is 6.44. The highest BCUT2D eigenvalue weighted by atomic mass is 16.1. The van der Waals surface area contributed by atoms with E-state index < -0.39 is 0 Å². The number of carbonyl (C=O) groups excluding carboxylic acids is 1. The molecule has 122 valence electrons. The Balaban J connectivity index is 2.02. The van der Waals surface area contributed by atoms with Gasteiger partial charge in [0.2, 0.25) is 0 Å². The Bertz CT molecular complexity index is 658. The molecular formula is C18H24N4O. The van der Waals surface area contributed by atoms with E-state index in [1.165, 1.54) is 0 Å². The molecule has 2 heterocycles. The van der Waals surface area contributed by atoms with Crippen LogP contribution in [0.1, 0.15) is 56.2 Å². The molecule has 2 aromatic rings. The molecule has 0 atom stereocenters. The SMILES string of the molecule is CC(C)(C)c1ccc(C(=O)NCC(C)(C)c2ccnnc2)nc1. The number of pyridine rings is 1. The van der Waals surface area contributed by atoms with E-state index in [0.717, 1.165) is 11.1 Å². The van der Waals surface area contributed by atoms with Crippen molar-refractivity contribution in [1.82, 2.24) is 20.5 Å². The van der Waals surface area contributed by atoms with Crippen LogP contribution in [0.3, 0.4) is 0 Å². The Morgan fingerprint density at radius 3 is 2.26 bits per heavy atom. The van der Waals surface area contributed by atoms with Crippen molar-refractivity contribution in [3.63, 3.8) is 0 Å². The van der Waals surface area contributed by atoms with Gasteiger partial charge in [-0.3, -0.25) is 9.78 Å². The Kier molecular flexibility index (Phi) is 4.78. The molecule has 5 nitrogen and oxygen atoms in total. The van der Waals surface area contributed by atoms with E-state index >= 15 is 0 Å². The third kappa shape index (κ3) is 4.34. The molecule has 2 rings (SSSR count). The zero-order chi connectivity index (χ0) is 17.1. The summed E-state index contributed by atoms with van der Waals surface area (Å²) in [6, 6.07) is 5.65. The highest BCUT2D eigenvalue weighted by Crippen LogP contribution is 2.22. The number of hydrogen-bond donors (Lipinski definition) is 1. The van der Waals surface area contributed by atoms with Crippen LogP contribution in [-0.4, -0.2) is 27.6 Å². The van der Waals surface area contributed by atoms with Crippen molar-refractivity contribution >= 4 is 5.91 Å². The van der Waals surface area contributed by atoms with Crippen molar-refractivity contribution in [2.45, 2.75) is 45.4 Å². The first-order valence-electron chi connectivity index (χ1n) is 7.72. The zero-order valence-corrected chi connectivity index (χ0v) is 14.4. The first-order chi connectivity index (χ1) is 10.7.